The lowest BCUT2D eigenvalue weighted by atomic mass is 10.1. The molecule has 0 spiro atoms. The molecular formula is C17H30N6O2. The van der Waals surface area contributed by atoms with Crippen molar-refractivity contribution in [2.45, 2.75) is 65.5 Å². The molecule has 0 unspecified atom stereocenters. The van der Waals surface area contributed by atoms with Gasteiger partial charge in [-0.25, -0.2) is 0 Å². The molecule has 0 fully saturated rings. The van der Waals surface area contributed by atoms with Crippen LogP contribution in [0.3, 0.4) is 0 Å². The van der Waals surface area contributed by atoms with E-state index < -0.39 is 0 Å². The molecule has 0 aliphatic rings. The molecule has 0 bridgehead atoms. The average molecular weight is 350 g/mol. The maximum atomic E-state index is 10.1. The standard InChI is InChI=1S/C17H30N6O2/c1-5-6-11-25-15-21-13(18)12-14(22-15)23(16(24)20-12)10-8-7-9-19-17(2,3)4/h19H,5-11H2,1-4H3,(H,20,24)(H2,18,21,22). The van der Waals surface area contributed by atoms with Crippen LogP contribution in [0.4, 0.5) is 5.82 Å². The summed E-state index contributed by atoms with van der Waals surface area (Å²) in [6.45, 7) is 10.6. The quantitative estimate of drug-likeness (QED) is 0.596. The predicted molar refractivity (Wildman–Crippen MR) is 98.8 cm³/mol. The molecule has 0 atom stereocenters. The predicted octanol–water partition coefficient (Wildman–Crippen LogP) is 2.46. The van der Waals surface area contributed by atoms with Gasteiger partial charge in [0, 0.05) is 12.1 Å². The fourth-order valence-electron chi connectivity index (χ4n) is 2.43. The second-order valence-electron chi connectivity index (χ2n) is 7.21. The van der Waals surface area contributed by atoms with Gasteiger partial charge in [0.1, 0.15) is 0 Å². The van der Waals surface area contributed by atoms with Gasteiger partial charge in [-0.3, -0.25) is 4.57 Å². The van der Waals surface area contributed by atoms with E-state index in [0.29, 0.717) is 24.3 Å². The minimum absolute atomic E-state index is 0.0921. The average Bonchev–Trinajstić information content (AvgIpc) is 2.83. The van der Waals surface area contributed by atoms with E-state index in [9.17, 15) is 5.11 Å². The number of aryl methyl sites for hydroxylation is 1. The molecule has 8 heteroatoms. The lowest BCUT2D eigenvalue weighted by Gasteiger charge is -2.20. The molecule has 0 amide bonds. The van der Waals surface area contributed by atoms with E-state index in [4.69, 9.17) is 10.5 Å². The Kier molecular flexibility index (Phi) is 6.41. The first kappa shape index (κ1) is 19.2. The minimum Gasteiger partial charge on any atom is -0.480 e. The molecule has 2 aromatic rings. The second kappa shape index (κ2) is 8.33. The van der Waals surface area contributed by atoms with Crippen molar-refractivity contribution in [3.63, 3.8) is 0 Å². The third-order valence-corrected chi connectivity index (χ3v) is 3.77. The number of fused-ring (bicyclic) bond motifs is 1. The van der Waals surface area contributed by atoms with E-state index >= 15 is 0 Å². The van der Waals surface area contributed by atoms with Crippen LogP contribution in [-0.4, -0.2) is 43.3 Å². The zero-order chi connectivity index (χ0) is 18.4. The number of anilines is 1. The first-order valence-electron chi connectivity index (χ1n) is 8.92. The molecule has 4 N–H and O–H groups in total. The Morgan fingerprint density at radius 3 is 2.60 bits per heavy atom. The third kappa shape index (κ3) is 5.45. The lowest BCUT2D eigenvalue weighted by molar-refractivity contribution is 0.286. The second-order valence-corrected chi connectivity index (χ2v) is 7.21. The van der Waals surface area contributed by atoms with Gasteiger partial charge in [0.05, 0.1) is 6.61 Å². The Morgan fingerprint density at radius 2 is 1.92 bits per heavy atom. The number of nitrogens with zero attached hydrogens (tertiary/aromatic N) is 4. The van der Waals surface area contributed by atoms with Crippen molar-refractivity contribution in [2.75, 3.05) is 18.9 Å². The number of ether oxygens (including phenoxy) is 1. The molecule has 2 rings (SSSR count). The van der Waals surface area contributed by atoms with Crippen LogP contribution in [0, 0.1) is 0 Å². The van der Waals surface area contributed by atoms with E-state index in [1.807, 2.05) is 0 Å². The molecule has 140 valence electrons. The van der Waals surface area contributed by atoms with Crippen LogP contribution in [0.1, 0.15) is 53.4 Å². The number of nitrogens with two attached hydrogens (primary N) is 1. The summed E-state index contributed by atoms with van der Waals surface area (Å²) in [6.07, 6.45) is 3.82. The Hall–Kier alpha value is -2.09. The van der Waals surface area contributed by atoms with Gasteiger partial charge in [-0.2, -0.15) is 15.0 Å². The third-order valence-electron chi connectivity index (χ3n) is 3.77. The summed E-state index contributed by atoms with van der Waals surface area (Å²) in [7, 11) is 0. The van der Waals surface area contributed by atoms with Crippen LogP contribution in [0.2, 0.25) is 0 Å². The fraction of sp³-hybridized carbons (Fsp3) is 0.706. The first-order chi connectivity index (χ1) is 11.8. The topological polar surface area (TPSA) is 111 Å². The van der Waals surface area contributed by atoms with E-state index in [1.54, 1.807) is 4.57 Å². The Morgan fingerprint density at radius 1 is 1.16 bits per heavy atom. The molecule has 0 aliphatic heterocycles. The smallest absolute Gasteiger partial charge is 0.320 e. The Balaban J connectivity index is 2.06. The van der Waals surface area contributed by atoms with Crippen molar-refractivity contribution in [1.82, 2.24) is 24.8 Å². The zero-order valence-electron chi connectivity index (χ0n) is 15.7. The van der Waals surface area contributed by atoms with Gasteiger partial charge >= 0.3 is 6.01 Å². The molecule has 0 aliphatic carbocycles. The van der Waals surface area contributed by atoms with Crippen LogP contribution in [0.15, 0.2) is 0 Å². The van der Waals surface area contributed by atoms with Gasteiger partial charge in [0.25, 0.3) is 6.01 Å². The van der Waals surface area contributed by atoms with Crippen LogP contribution in [0.25, 0.3) is 11.2 Å². The molecule has 25 heavy (non-hydrogen) atoms. The van der Waals surface area contributed by atoms with E-state index in [0.717, 1.165) is 32.2 Å². The molecule has 8 nitrogen and oxygen atoms in total. The van der Waals surface area contributed by atoms with E-state index in [1.165, 1.54) is 0 Å². The summed E-state index contributed by atoms with van der Waals surface area (Å²) >= 11 is 0. The number of nitrogen functional groups attached to an aromatic ring is 1. The number of aromatic nitrogens is 4. The van der Waals surface area contributed by atoms with Gasteiger partial charge in [0.15, 0.2) is 17.0 Å². The summed E-state index contributed by atoms with van der Waals surface area (Å²) in [4.78, 5) is 12.6. The number of hydrogen-bond donors (Lipinski definition) is 3. The van der Waals surface area contributed by atoms with Crippen LogP contribution in [-0.2, 0) is 6.54 Å². The van der Waals surface area contributed by atoms with Gasteiger partial charge in [-0.05, 0) is 46.6 Å². The monoisotopic (exact) mass is 350 g/mol. The molecule has 0 saturated carbocycles. The van der Waals surface area contributed by atoms with Crippen molar-refractivity contribution in [3.05, 3.63) is 0 Å². The highest BCUT2D eigenvalue weighted by atomic mass is 16.5. The van der Waals surface area contributed by atoms with E-state index in [-0.39, 0.29) is 23.4 Å². The van der Waals surface area contributed by atoms with Crippen molar-refractivity contribution < 1.29 is 9.84 Å². The summed E-state index contributed by atoms with van der Waals surface area (Å²) in [6, 6.07) is 0.138. The van der Waals surface area contributed by atoms with Crippen molar-refractivity contribution in [2.24, 2.45) is 0 Å². The molecule has 0 radical (unpaired) electrons. The van der Waals surface area contributed by atoms with Crippen molar-refractivity contribution in [1.29, 1.82) is 0 Å². The van der Waals surface area contributed by atoms with Gasteiger partial charge < -0.3 is 20.9 Å². The Labute approximate surface area is 148 Å². The lowest BCUT2D eigenvalue weighted by Crippen LogP contribution is -2.36. The minimum atomic E-state index is -0.0921. The van der Waals surface area contributed by atoms with Crippen LogP contribution >= 0.6 is 0 Å². The van der Waals surface area contributed by atoms with Crippen LogP contribution < -0.4 is 15.8 Å². The normalized spacial score (nSPS) is 12.0. The molecule has 0 aromatic carbocycles. The van der Waals surface area contributed by atoms with Crippen molar-refractivity contribution >= 4 is 17.0 Å². The summed E-state index contributed by atoms with van der Waals surface area (Å²) in [5.41, 5.74) is 6.97. The number of imidazole rings is 1. The maximum Gasteiger partial charge on any atom is 0.320 e. The highest BCUT2D eigenvalue weighted by Crippen LogP contribution is 2.25. The first-order valence-corrected chi connectivity index (χ1v) is 8.92. The van der Waals surface area contributed by atoms with E-state index in [2.05, 4.69) is 48.0 Å². The van der Waals surface area contributed by atoms with Gasteiger partial charge in [-0.15, -0.1) is 0 Å². The number of aromatic hydroxyl groups is 1. The number of unbranched alkanes of at least 4 members (excludes halogenated alkanes) is 2. The molecular weight excluding hydrogens is 320 g/mol. The fourth-order valence-corrected chi connectivity index (χ4v) is 2.43. The summed E-state index contributed by atoms with van der Waals surface area (Å²) in [5, 5.41) is 13.6. The molecule has 2 heterocycles. The van der Waals surface area contributed by atoms with Crippen molar-refractivity contribution in [3.8, 4) is 12.0 Å². The SMILES string of the molecule is CCCCOc1nc(N)c2nc(O)n(CCCCNC(C)(C)C)c2n1. The number of hydrogen-bond acceptors (Lipinski definition) is 7. The van der Waals surface area contributed by atoms with Gasteiger partial charge in [-0.1, -0.05) is 13.3 Å². The van der Waals surface area contributed by atoms with Gasteiger partial charge in [0.2, 0.25) is 0 Å². The summed E-state index contributed by atoms with van der Waals surface area (Å²) < 4.78 is 7.21. The molecule has 0 saturated heterocycles. The maximum absolute atomic E-state index is 10.1. The highest BCUT2D eigenvalue weighted by molar-refractivity contribution is 5.83. The largest absolute Gasteiger partial charge is 0.480 e. The highest BCUT2D eigenvalue weighted by Gasteiger charge is 2.16. The number of rotatable bonds is 9. The zero-order valence-corrected chi connectivity index (χ0v) is 15.7. The summed E-state index contributed by atoms with van der Waals surface area (Å²) in [5.74, 6) is 0.222. The Bertz CT molecular complexity index is 692. The number of nitrogens with one attached hydrogen (secondary N) is 1. The molecule has 2 aromatic heterocycles. The van der Waals surface area contributed by atoms with Crippen LogP contribution in [0.5, 0.6) is 12.0 Å².